The van der Waals surface area contributed by atoms with Gasteiger partial charge in [0.15, 0.2) is 0 Å². The minimum Gasteiger partial charge on any atom is -0.457 e. The Balaban J connectivity index is 2.16. The maximum atomic E-state index is 13.1. The van der Waals surface area contributed by atoms with Crippen LogP contribution in [0, 0.1) is 31.0 Å². The van der Waals surface area contributed by atoms with Crippen LogP contribution in [0.25, 0.3) is 6.08 Å². The molecule has 4 nitrogen and oxygen atoms in total. The van der Waals surface area contributed by atoms with Crippen LogP contribution in [0.15, 0.2) is 35.9 Å². The second-order valence-electron chi connectivity index (χ2n) is 5.85. The summed E-state index contributed by atoms with van der Waals surface area (Å²) >= 11 is 0. The van der Waals surface area contributed by atoms with Gasteiger partial charge in [0.2, 0.25) is 0 Å². The Bertz CT molecular complexity index is 844. The molecule has 25 heavy (non-hydrogen) atoms. The Labute approximate surface area is 147 Å². The van der Waals surface area contributed by atoms with Gasteiger partial charge in [-0.1, -0.05) is 19.1 Å². The molecule has 0 spiro atoms. The first kappa shape index (κ1) is 18.5. The summed E-state index contributed by atoms with van der Waals surface area (Å²) in [5.41, 5.74) is 3.37. The Kier molecular flexibility index (Phi) is 6.13. The number of aromatic nitrogens is 1. The quantitative estimate of drug-likeness (QED) is 0.447. The molecule has 1 heterocycles. The van der Waals surface area contributed by atoms with Crippen LogP contribution in [0.4, 0.5) is 4.39 Å². The molecule has 0 saturated carbocycles. The van der Waals surface area contributed by atoms with Crippen molar-refractivity contribution in [3.05, 3.63) is 64.2 Å². The molecule has 5 heteroatoms. The Morgan fingerprint density at radius 2 is 2.12 bits per heavy atom. The van der Waals surface area contributed by atoms with E-state index in [9.17, 15) is 14.4 Å². The molecule has 0 aliphatic carbocycles. The molecular weight excluding hydrogens is 319 g/mol. The molecule has 0 N–H and O–H groups in total. The number of carbonyl (C=O) groups excluding carboxylic acids is 1. The first-order valence-corrected chi connectivity index (χ1v) is 8.16. The predicted molar refractivity (Wildman–Crippen MR) is 94.0 cm³/mol. The lowest BCUT2D eigenvalue weighted by Gasteiger charge is -2.07. The van der Waals surface area contributed by atoms with Crippen LogP contribution in [0.5, 0.6) is 0 Å². The molecule has 130 valence electrons. The topological polar surface area (TPSA) is 55.0 Å². The first-order chi connectivity index (χ1) is 12.0. The van der Waals surface area contributed by atoms with Crippen LogP contribution in [0.1, 0.15) is 35.9 Å². The average molecular weight is 340 g/mol. The van der Waals surface area contributed by atoms with Crippen molar-refractivity contribution in [3.8, 4) is 6.07 Å². The monoisotopic (exact) mass is 340 g/mol. The predicted octanol–water partition coefficient (Wildman–Crippen LogP) is 4.30. The average Bonchev–Trinajstić information content (AvgIpc) is 2.85. The number of aryl methyl sites for hydroxylation is 1. The van der Waals surface area contributed by atoms with E-state index in [1.54, 1.807) is 18.2 Å². The molecule has 2 rings (SSSR count). The molecule has 0 bridgehead atoms. The summed E-state index contributed by atoms with van der Waals surface area (Å²) in [7, 11) is 0. The van der Waals surface area contributed by atoms with Crippen molar-refractivity contribution in [1.82, 2.24) is 4.57 Å². The highest BCUT2D eigenvalue weighted by Gasteiger charge is 2.14. The maximum Gasteiger partial charge on any atom is 0.349 e. The van der Waals surface area contributed by atoms with Gasteiger partial charge in [-0.15, -0.1) is 0 Å². The van der Waals surface area contributed by atoms with Gasteiger partial charge in [-0.3, -0.25) is 0 Å². The molecular formula is C20H21FN2O2. The van der Waals surface area contributed by atoms with Crippen molar-refractivity contribution in [2.45, 2.75) is 40.3 Å². The summed E-state index contributed by atoms with van der Waals surface area (Å²) in [5, 5.41) is 9.28. The van der Waals surface area contributed by atoms with Gasteiger partial charge < -0.3 is 9.30 Å². The molecule has 0 aliphatic heterocycles. The number of benzene rings is 1. The molecule has 0 fully saturated rings. The second-order valence-corrected chi connectivity index (χ2v) is 5.85. The smallest absolute Gasteiger partial charge is 0.349 e. The molecule has 0 saturated heterocycles. The third kappa shape index (κ3) is 4.57. The van der Waals surface area contributed by atoms with Crippen LogP contribution in [0.3, 0.4) is 0 Å². The highest BCUT2D eigenvalue weighted by Crippen LogP contribution is 2.19. The number of nitriles is 1. The summed E-state index contributed by atoms with van der Waals surface area (Å²) in [6.07, 6.45) is 2.54. The van der Waals surface area contributed by atoms with Gasteiger partial charge in [-0.2, -0.15) is 5.26 Å². The lowest BCUT2D eigenvalue weighted by molar-refractivity contribution is -0.139. The SMILES string of the molecule is CCCn1c(C)cc(/C=C(\C#N)C(=O)OCc2cccc(F)c2)c1C. The van der Waals surface area contributed by atoms with E-state index in [4.69, 9.17) is 4.74 Å². The fourth-order valence-electron chi connectivity index (χ4n) is 2.69. The molecule has 0 unspecified atom stereocenters. The lowest BCUT2D eigenvalue weighted by Crippen LogP contribution is -2.07. The maximum absolute atomic E-state index is 13.1. The summed E-state index contributed by atoms with van der Waals surface area (Å²) in [5.74, 6) is -1.11. The van der Waals surface area contributed by atoms with Crippen molar-refractivity contribution in [2.75, 3.05) is 0 Å². The normalized spacial score (nSPS) is 11.2. The number of halogens is 1. The highest BCUT2D eigenvalue weighted by atomic mass is 19.1. The van der Waals surface area contributed by atoms with E-state index < -0.39 is 11.8 Å². The van der Waals surface area contributed by atoms with E-state index in [-0.39, 0.29) is 12.2 Å². The van der Waals surface area contributed by atoms with Crippen molar-refractivity contribution in [2.24, 2.45) is 0 Å². The second kappa shape index (κ2) is 8.29. The zero-order chi connectivity index (χ0) is 18.4. The third-order valence-corrected chi connectivity index (χ3v) is 3.96. The van der Waals surface area contributed by atoms with E-state index in [1.165, 1.54) is 12.1 Å². The van der Waals surface area contributed by atoms with Crippen LogP contribution < -0.4 is 0 Å². The molecule has 1 aromatic carbocycles. The lowest BCUT2D eigenvalue weighted by atomic mass is 10.1. The standard InChI is InChI=1S/C20H21FN2O2/c1-4-8-23-14(2)9-17(15(23)3)11-18(12-22)20(24)25-13-16-6-5-7-19(21)10-16/h5-7,9-11H,4,8,13H2,1-3H3/b18-11+. The van der Waals surface area contributed by atoms with E-state index in [2.05, 4.69) is 11.5 Å². The molecule has 0 amide bonds. The van der Waals surface area contributed by atoms with Gasteiger partial charge >= 0.3 is 5.97 Å². The van der Waals surface area contributed by atoms with Crippen LogP contribution in [0.2, 0.25) is 0 Å². The minimum atomic E-state index is -0.716. The van der Waals surface area contributed by atoms with Gasteiger partial charge in [0.25, 0.3) is 0 Å². The largest absolute Gasteiger partial charge is 0.457 e. The van der Waals surface area contributed by atoms with Crippen molar-refractivity contribution >= 4 is 12.0 Å². The van der Waals surface area contributed by atoms with Crippen molar-refractivity contribution in [1.29, 1.82) is 5.26 Å². The van der Waals surface area contributed by atoms with Crippen molar-refractivity contribution < 1.29 is 13.9 Å². The number of carbonyl (C=O) groups is 1. The summed E-state index contributed by atoms with van der Waals surface area (Å²) in [6.45, 7) is 6.86. The van der Waals surface area contributed by atoms with Gasteiger partial charge in [0.05, 0.1) is 0 Å². The Hall–Kier alpha value is -2.87. The fourth-order valence-corrected chi connectivity index (χ4v) is 2.69. The number of ether oxygens (including phenoxy) is 1. The van der Waals surface area contributed by atoms with Crippen LogP contribution in [-0.4, -0.2) is 10.5 Å². The zero-order valence-electron chi connectivity index (χ0n) is 14.7. The van der Waals surface area contributed by atoms with E-state index >= 15 is 0 Å². The van der Waals surface area contributed by atoms with Crippen LogP contribution >= 0.6 is 0 Å². The van der Waals surface area contributed by atoms with Crippen LogP contribution in [-0.2, 0) is 22.7 Å². The number of nitrogens with zero attached hydrogens (tertiary/aromatic N) is 2. The molecule has 0 radical (unpaired) electrons. The van der Waals surface area contributed by atoms with Crippen molar-refractivity contribution in [3.63, 3.8) is 0 Å². The minimum absolute atomic E-state index is 0.0758. The van der Waals surface area contributed by atoms with E-state index in [0.717, 1.165) is 29.9 Å². The van der Waals surface area contributed by atoms with Gasteiger partial charge in [0, 0.05) is 17.9 Å². The Morgan fingerprint density at radius 3 is 2.76 bits per heavy atom. The van der Waals surface area contributed by atoms with E-state index in [0.29, 0.717) is 5.56 Å². The Morgan fingerprint density at radius 1 is 1.36 bits per heavy atom. The third-order valence-electron chi connectivity index (χ3n) is 3.96. The number of hydrogen-bond donors (Lipinski definition) is 0. The number of esters is 1. The summed E-state index contributed by atoms with van der Waals surface area (Å²) in [4.78, 5) is 12.2. The summed E-state index contributed by atoms with van der Waals surface area (Å²) < 4.78 is 20.4. The molecule has 0 atom stereocenters. The number of rotatable bonds is 6. The zero-order valence-corrected chi connectivity index (χ0v) is 14.7. The number of hydrogen-bond acceptors (Lipinski definition) is 3. The van der Waals surface area contributed by atoms with E-state index in [1.807, 2.05) is 26.0 Å². The van der Waals surface area contributed by atoms with Gasteiger partial charge in [0.1, 0.15) is 24.1 Å². The fraction of sp³-hybridized carbons (Fsp3) is 0.300. The summed E-state index contributed by atoms with van der Waals surface area (Å²) in [6, 6.07) is 9.65. The molecule has 1 aromatic heterocycles. The van der Waals surface area contributed by atoms with Gasteiger partial charge in [-0.05, 0) is 55.7 Å². The van der Waals surface area contributed by atoms with Gasteiger partial charge in [-0.25, -0.2) is 9.18 Å². The highest BCUT2D eigenvalue weighted by molar-refractivity contribution is 5.98. The molecule has 2 aromatic rings. The first-order valence-electron chi connectivity index (χ1n) is 8.16. The molecule has 0 aliphatic rings.